The van der Waals surface area contributed by atoms with Crippen molar-refractivity contribution in [1.29, 1.82) is 0 Å². The van der Waals surface area contributed by atoms with Gasteiger partial charge in [-0.1, -0.05) is 13.3 Å². The van der Waals surface area contributed by atoms with Gasteiger partial charge in [-0.3, -0.25) is 4.79 Å². The molecule has 1 aliphatic rings. The summed E-state index contributed by atoms with van der Waals surface area (Å²) in [6, 6.07) is -0.0742. The van der Waals surface area contributed by atoms with Gasteiger partial charge in [-0.2, -0.15) is 0 Å². The molecule has 4 nitrogen and oxygen atoms in total. The maximum Gasteiger partial charge on any atom is 0.238 e. The van der Waals surface area contributed by atoms with E-state index in [2.05, 4.69) is 36.7 Å². The van der Waals surface area contributed by atoms with Crippen LogP contribution in [-0.2, 0) is 4.79 Å². The molecule has 1 aliphatic heterocycles. The van der Waals surface area contributed by atoms with E-state index >= 15 is 0 Å². The topological polar surface area (TPSA) is 53.2 Å². The summed E-state index contributed by atoms with van der Waals surface area (Å²) in [6.07, 6.45) is 2.10. The number of nitrogens with one attached hydrogen (secondary N) is 3. The van der Waals surface area contributed by atoms with E-state index in [1.807, 2.05) is 0 Å². The average Bonchev–Trinajstić information content (AvgIpc) is 2.18. The van der Waals surface area contributed by atoms with Crippen molar-refractivity contribution in [3.63, 3.8) is 0 Å². The van der Waals surface area contributed by atoms with Gasteiger partial charge in [0, 0.05) is 25.2 Å². The molecule has 1 unspecified atom stereocenters. The molecule has 0 aromatic rings. The first-order valence-corrected chi connectivity index (χ1v) is 5.81. The first kappa shape index (κ1) is 12.5. The largest absolute Gasteiger partial charge is 0.350 e. The average molecular weight is 213 g/mol. The summed E-state index contributed by atoms with van der Waals surface area (Å²) < 4.78 is 0. The van der Waals surface area contributed by atoms with Crippen molar-refractivity contribution in [2.75, 3.05) is 19.6 Å². The Labute approximate surface area is 92.2 Å². The van der Waals surface area contributed by atoms with Crippen molar-refractivity contribution in [2.24, 2.45) is 0 Å². The van der Waals surface area contributed by atoms with Gasteiger partial charge in [0.25, 0.3) is 0 Å². The summed E-state index contributed by atoms with van der Waals surface area (Å²) in [5, 5.41) is 9.50. The van der Waals surface area contributed by atoms with E-state index in [-0.39, 0.29) is 17.5 Å². The molecule has 3 N–H and O–H groups in total. The molecule has 0 bridgehead atoms. The van der Waals surface area contributed by atoms with Gasteiger partial charge in [-0.15, -0.1) is 0 Å². The maximum atomic E-state index is 11.9. The quantitative estimate of drug-likeness (QED) is 0.627. The Kier molecular flexibility index (Phi) is 4.54. The molecule has 1 atom stereocenters. The maximum absolute atomic E-state index is 11.9. The molecule has 0 aromatic carbocycles. The summed E-state index contributed by atoms with van der Waals surface area (Å²) in [7, 11) is 0. The number of piperazine rings is 1. The van der Waals surface area contributed by atoms with Crippen molar-refractivity contribution in [3.8, 4) is 0 Å². The molecule has 1 amide bonds. The lowest BCUT2D eigenvalue weighted by atomic mass is 9.98. The predicted octanol–water partition coefficient (Wildman–Crippen LogP) is 0.243. The fourth-order valence-electron chi connectivity index (χ4n) is 1.95. The molecule has 15 heavy (non-hydrogen) atoms. The van der Waals surface area contributed by atoms with E-state index in [0.717, 1.165) is 32.5 Å². The van der Waals surface area contributed by atoms with E-state index in [4.69, 9.17) is 0 Å². The number of amides is 1. The van der Waals surface area contributed by atoms with Gasteiger partial charge < -0.3 is 16.0 Å². The fraction of sp³-hybridized carbons (Fsp3) is 0.909. The van der Waals surface area contributed by atoms with Crippen LogP contribution in [0.3, 0.4) is 0 Å². The zero-order chi connectivity index (χ0) is 11.3. The number of carbonyl (C=O) groups excluding carboxylic acids is 1. The van der Waals surface area contributed by atoms with E-state index in [0.29, 0.717) is 0 Å². The first-order chi connectivity index (χ1) is 7.05. The number of hydrogen-bond donors (Lipinski definition) is 3. The molecule has 0 spiro atoms. The second-order valence-electron chi connectivity index (χ2n) is 4.83. The van der Waals surface area contributed by atoms with Gasteiger partial charge in [-0.05, 0) is 20.3 Å². The third-order valence-electron chi connectivity index (χ3n) is 2.69. The third-order valence-corrected chi connectivity index (χ3v) is 2.69. The van der Waals surface area contributed by atoms with Crippen LogP contribution in [0, 0.1) is 0 Å². The molecule has 88 valence electrons. The van der Waals surface area contributed by atoms with Gasteiger partial charge in [0.1, 0.15) is 0 Å². The van der Waals surface area contributed by atoms with Crippen LogP contribution in [0.1, 0.15) is 33.6 Å². The van der Waals surface area contributed by atoms with Crippen LogP contribution in [0.15, 0.2) is 0 Å². The molecule has 0 aliphatic carbocycles. The lowest BCUT2D eigenvalue weighted by Gasteiger charge is -2.30. The standard InChI is InChI=1S/C11H23N3O/c1-4-5-11(2,3)14-10(15)9-8-12-6-7-13-9/h9,12-13H,4-8H2,1-3H3,(H,14,15). The normalized spacial score (nSPS) is 22.5. The molecular formula is C11H23N3O. The van der Waals surface area contributed by atoms with Crippen molar-refractivity contribution in [3.05, 3.63) is 0 Å². The van der Waals surface area contributed by atoms with E-state index < -0.39 is 0 Å². The molecule has 0 saturated carbocycles. The number of carbonyl (C=O) groups is 1. The van der Waals surface area contributed by atoms with Crippen molar-refractivity contribution < 1.29 is 4.79 Å². The van der Waals surface area contributed by atoms with Crippen molar-refractivity contribution in [2.45, 2.75) is 45.2 Å². The minimum Gasteiger partial charge on any atom is -0.350 e. The molecule has 4 heteroatoms. The van der Waals surface area contributed by atoms with Gasteiger partial charge in [-0.25, -0.2) is 0 Å². The molecule has 1 rings (SSSR count). The van der Waals surface area contributed by atoms with Gasteiger partial charge in [0.05, 0.1) is 6.04 Å². The zero-order valence-electron chi connectivity index (χ0n) is 10.0. The highest BCUT2D eigenvalue weighted by atomic mass is 16.2. The molecule has 1 saturated heterocycles. The minimum atomic E-state index is -0.0923. The van der Waals surface area contributed by atoms with Crippen LogP contribution in [0.25, 0.3) is 0 Å². The van der Waals surface area contributed by atoms with Crippen LogP contribution in [0.2, 0.25) is 0 Å². The Bertz CT molecular complexity index is 210. The lowest BCUT2D eigenvalue weighted by Crippen LogP contribution is -2.58. The molecule has 0 aromatic heterocycles. The Balaban J connectivity index is 2.39. The second kappa shape index (κ2) is 5.47. The fourth-order valence-corrected chi connectivity index (χ4v) is 1.95. The summed E-state index contributed by atoms with van der Waals surface area (Å²) in [5.74, 6) is 0.112. The predicted molar refractivity (Wildman–Crippen MR) is 61.8 cm³/mol. The van der Waals surface area contributed by atoms with Crippen LogP contribution in [0.5, 0.6) is 0 Å². The van der Waals surface area contributed by atoms with E-state index in [1.54, 1.807) is 0 Å². The summed E-state index contributed by atoms with van der Waals surface area (Å²) in [5.41, 5.74) is -0.0923. The molecule has 1 fully saturated rings. The Morgan fingerprint density at radius 3 is 2.73 bits per heavy atom. The van der Waals surface area contributed by atoms with E-state index in [9.17, 15) is 4.79 Å². The van der Waals surface area contributed by atoms with Crippen LogP contribution in [0.4, 0.5) is 0 Å². The highest BCUT2D eigenvalue weighted by Gasteiger charge is 2.25. The Hall–Kier alpha value is -0.610. The van der Waals surface area contributed by atoms with Crippen molar-refractivity contribution >= 4 is 5.91 Å². The minimum absolute atomic E-state index is 0.0742. The number of rotatable bonds is 4. The van der Waals surface area contributed by atoms with Crippen LogP contribution in [-0.4, -0.2) is 37.1 Å². The second-order valence-corrected chi connectivity index (χ2v) is 4.83. The van der Waals surface area contributed by atoms with Crippen LogP contribution < -0.4 is 16.0 Å². The van der Waals surface area contributed by atoms with Gasteiger partial charge >= 0.3 is 0 Å². The summed E-state index contributed by atoms with van der Waals surface area (Å²) >= 11 is 0. The van der Waals surface area contributed by atoms with Gasteiger partial charge in [0.15, 0.2) is 0 Å². The number of hydrogen-bond acceptors (Lipinski definition) is 3. The zero-order valence-corrected chi connectivity index (χ0v) is 10.0. The summed E-state index contributed by atoms with van der Waals surface area (Å²) in [6.45, 7) is 8.83. The van der Waals surface area contributed by atoms with Crippen molar-refractivity contribution in [1.82, 2.24) is 16.0 Å². The highest BCUT2D eigenvalue weighted by Crippen LogP contribution is 2.10. The SMILES string of the molecule is CCCC(C)(C)NC(=O)C1CNCCN1. The smallest absolute Gasteiger partial charge is 0.238 e. The Morgan fingerprint density at radius 1 is 1.47 bits per heavy atom. The monoisotopic (exact) mass is 213 g/mol. The highest BCUT2D eigenvalue weighted by molar-refractivity contribution is 5.82. The Morgan fingerprint density at radius 2 is 2.20 bits per heavy atom. The van der Waals surface area contributed by atoms with E-state index in [1.165, 1.54) is 0 Å². The third kappa shape index (κ3) is 4.18. The molecule has 1 heterocycles. The molecule has 0 radical (unpaired) electrons. The first-order valence-electron chi connectivity index (χ1n) is 5.81. The van der Waals surface area contributed by atoms with Gasteiger partial charge in [0.2, 0.25) is 5.91 Å². The van der Waals surface area contributed by atoms with Crippen LogP contribution >= 0.6 is 0 Å². The molecular weight excluding hydrogens is 190 g/mol. The summed E-state index contributed by atoms with van der Waals surface area (Å²) in [4.78, 5) is 11.9. The lowest BCUT2D eigenvalue weighted by molar-refractivity contribution is -0.125.